The lowest BCUT2D eigenvalue weighted by Gasteiger charge is -2.11. The molecule has 0 saturated heterocycles. The molecule has 1 aromatic carbocycles. The average molecular weight is 279 g/mol. The first-order valence-electron chi connectivity index (χ1n) is 6.76. The Kier molecular flexibility index (Phi) is 6.66. The Labute approximate surface area is 118 Å². The van der Waals surface area contributed by atoms with E-state index in [9.17, 15) is 14.9 Å². The molecule has 0 fully saturated rings. The zero-order chi connectivity index (χ0) is 15.0. The standard InChI is InChI=1S/C14H21N3O3/c1-3-11(2)16-14(18)7-8-15-10-12-5-4-6-13(9-12)17(19)20/h4-6,9,11,15H,3,7-8,10H2,1-2H3,(H,16,18). The van der Waals surface area contributed by atoms with Crippen molar-refractivity contribution in [3.8, 4) is 0 Å². The summed E-state index contributed by atoms with van der Waals surface area (Å²) in [5.74, 6) is 0.0193. The maximum Gasteiger partial charge on any atom is 0.269 e. The van der Waals surface area contributed by atoms with Crippen molar-refractivity contribution in [2.45, 2.75) is 39.3 Å². The van der Waals surface area contributed by atoms with Crippen molar-refractivity contribution in [2.24, 2.45) is 0 Å². The minimum atomic E-state index is -0.414. The summed E-state index contributed by atoms with van der Waals surface area (Å²) >= 11 is 0. The van der Waals surface area contributed by atoms with Gasteiger partial charge in [-0.25, -0.2) is 0 Å². The van der Waals surface area contributed by atoms with Crippen LogP contribution in [0.25, 0.3) is 0 Å². The molecule has 0 aromatic heterocycles. The molecule has 20 heavy (non-hydrogen) atoms. The van der Waals surface area contributed by atoms with Crippen LogP contribution in [0.4, 0.5) is 5.69 Å². The van der Waals surface area contributed by atoms with E-state index in [2.05, 4.69) is 10.6 Å². The molecule has 110 valence electrons. The number of nitro benzene ring substituents is 1. The minimum absolute atomic E-state index is 0.0193. The van der Waals surface area contributed by atoms with Gasteiger partial charge in [0.2, 0.25) is 5.91 Å². The van der Waals surface area contributed by atoms with Gasteiger partial charge in [0.1, 0.15) is 0 Å². The molecule has 0 aliphatic rings. The van der Waals surface area contributed by atoms with E-state index >= 15 is 0 Å². The number of nitro groups is 1. The molecular weight excluding hydrogens is 258 g/mol. The number of hydrogen-bond donors (Lipinski definition) is 2. The Morgan fingerprint density at radius 2 is 2.20 bits per heavy atom. The number of carbonyl (C=O) groups excluding carboxylic acids is 1. The van der Waals surface area contributed by atoms with E-state index in [1.54, 1.807) is 6.07 Å². The molecule has 6 nitrogen and oxygen atoms in total. The first kappa shape index (κ1) is 16.1. The van der Waals surface area contributed by atoms with Gasteiger partial charge in [-0.1, -0.05) is 19.1 Å². The molecule has 6 heteroatoms. The molecule has 1 rings (SSSR count). The second kappa shape index (κ2) is 8.27. The molecular formula is C14H21N3O3. The molecule has 2 N–H and O–H groups in total. The second-order valence-corrected chi connectivity index (χ2v) is 4.73. The van der Waals surface area contributed by atoms with Gasteiger partial charge in [0.05, 0.1) is 4.92 Å². The summed E-state index contributed by atoms with van der Waals surface area (Å²) in [4.78, 5) is 21.7. The number of benzene rings is 1. The highest BCUT2D eigenvalue weighted by Crippen LogP contribution is 2.12. The lowest BCUT2D eigenvalue weighted by atomic mass is 10.2. The fraction of sp³-hybridized carbons (Fsp3) is 0.500. The Bertz CT molecular complexity index is 463. The summed E-state index contributed by atoms with van der Waals surface area (Å²) in [7, 11) is 0. The smallest absolute Gasteiger partial charge is 0.269 e. The third-order valence-corrected chi connectivity index (χ3v) is 3.00. The van der Waals surface area contributed by atoms with Gasteiger partial charge >= 0.3 is 0 Å². The van der Waals surface area contributed by atoms with Crippen molar-refractivity contribution in [3.05, 3.63) is 39.9 Å². The first-order valence-corrected chi connectivity index (χ1v) is 6.76. The number of nitrogens with zero attached hydrogens (tertiary/aromatic N) is 1. The highest BCUT2D eigenvalue weighted by molar-refractivity contribution is 5.76. The van der Waals surface area contributed by atoms with Gasteiger partial charge < -0.3 is 10.6 Å². The predicted molar refractivity (Wildman–Crippen MR) is 77.3 cm³/mol. The van der Waals surface area contributed by atoms with Crippen LogP contribution in [-0.2, 0) is 11.3 Å². The molecule has 1 atom stereocenters. The molecule has 0 spiro atoms. The number of rotatable bonds is 8. The van der Waals surface area contributed by atoms with Gasteiger partial charge in [-0.2, -0.15) is 0 Å². The number of nitrogens with one attached hydrogen (secondary N) is 2. The maximum absolute atomic E-state index is 11.5. The van der Waals surface area contributed by atoms with Gasteiger partial charge in [0, 0.05) is 37.7 Å². The highest BCUT2D eigenvalue weighted by atomic mass is 16.6. The Morgan fingerprint density at radius 1 is 1.45 bits per heavy atom. The molecule has 1 amide bonds. The Hall–Kier alpha value is -1.95. The van der Waals surface area contributed by atoms with Gasteiger partial charge in [-0.3, -0.25) is 14.9 Å². The zero-order valence-corrected chi connectivity index (χ0v) is 11.9. The molecule has 0 aliphatic carbocycles. The summed E-state index contributed by atoms with van der Waals surface area (Å²) in [6, 6.07) is 6.67. The van der Waals surface area contributed by atoms with E-state index in [-0.39, 0.29) is 17.6 Å². The average Bonchev–Trinajstić information content (AvgIpc) is 2.43. The third-order valence-electron chi connectivity index (χ3n) is 3.00. The number of amides is 1. The summed E-state index contributed by atoms with van der Waals surface area (Å²) in [5, 5.41) is 16.6. The largest absolute Gasteiger partial charge is 0.354 e. The summed E-state index contributed by atoms with van der Waals surface area (Å²) in [6.07, 6.45) is 1.31. The van der Waals surface area contributed by atoms with Crippen LogP contribution >= 0.6 is 0 Å². The van der Waals surface area contributed by atoms with Crippen LogP contribution in [-0.4, -0.2) is 23.4 Å². The Balaban J connectivity index is 2.29. The lowest BCUT2D eigenvalue weighted by Crippen LogP contribution is -2.33. The quantitative estimate of drug-likeness (QED) is 0.433. The zero-order valence-electron chi connectivity index (χ0n) is 11.9. The number of carbonyl (C=O) groups is 1. The molecule has 0 saturated carbocycles. The monoisotopic (exact) mass is 279 g/mol. The predicted octanol–water partition coefficient (Wildman–Crippen LogP) is 1.99. The number of hydrogen-bond acceptors (Lipinski definition) is 4. The van der Waals surface area contributed by atoms with Crippen molar-refractivity contribution in [1.82, 2.24) is 10.6 Å². The van der Waals surface area contributed by atoms with Crippen LogP contribution < -0.4 is 10.6 Å². The summed E-state index contributed by atoms with van der Waals surface area (Å²) in [5.41, 5.74) is 0.917. The van der Waals surface area contributed by atoms with E-state index in [4.69, 9.17) is 0 Å². The van der Waals surface area contributed by atoms with Crippen LogP contribution in [0.15, 0.2) is 24.3 Å². The lowest BCUT2D eigenvalue weighted by molar-refractivity contribution is -0.384. The van der Waals surface area contributed by atoms with Crippen LogP contribution in [0, 0.1) is 10.1 Å². The molecule has 0 bridgehead atoms. The molecule has 1 unspecified atom stereocenters. The van der Waals surface area contributed by atoms with Crippen molar-refractivity contribution < 1.29 is 9.72 Å². The van der Waals surface area contributed by atoms with Gasteiger partial charge in [0.25, 0.3) is 5.69 Å². The van der Waals surface area contributed by atoms with Crippen LogP contribution in [0.5, 0.6) is 0 Å². The van der Waals surface area contributed by atoms with Crippen LogP contribution in [0.3, 0.4) is 0 Å². The molecule has 0 heterocycles. The first-order chi connectivity index (χ1) is 9.52. The highest BCUT2D eigenvalue weighted by Gasteiger charge is 2.06. The fourth-order valence-corrected chi connectivity index (χ4v) is 1.66. The van der Waals surface area contributed by atoms with E-state index in [0.29, 0.717) is 19.5 Å². The molecule has 1 aromatic rings. The van der Waals surface area contributed by atoms with E-state index < -0.39 is 4.92 Å². The second-order valence-electron chi connectivity index (χ2n) is 4.73. The van der Waals surface area contributed by atoms with Gasteiger partial charge in [0.15, 0.2) is 0 Å². The van der Waals surface area contributed by atoms with Crippen molar-refractivity contribution in [1.29, 1.82) is 0 Å². The maximum atomic E-state index is 11.5. The molecule has 0 aliphatic heterocycles. The Morgan fingerprint density at radius 3 is 2.85 bits per heavy atom. The SMILES string of the molecule is CCC(C)NC(=O)CCNCc1cccc([N+](=O)[O-])c1. The minimum Gasteiger partial charge on any atom is -0.354 e. The van der Waals surface area contributed by atoms with E-state index in [1.807, 2.05) is 19.9 Å². The number of non-ortho nitro benzene ring substituents is 1. The van der Waals surface area contributed by atoms with E-state index in [0.717, 1.165) is 12.0 Å². The summed E-state index contributed by atoms with van der Waals surface area (Å²) < 4.78 is 0. The summed E-state index contributed by atoms with van der Waals surface area (Å²) in [6.45, 7) is 5.04. The third kappa shape index (κ3) is 5.79. The normalized spacial score (nSPS) is 11.9. The van der Waals surface area contributed by atoms with Gasteiger partial charge in [-0.15, -0.1) is 0 Å². The van der Waals surface area contributed by atoms with Crippen LogP contribution in [0.2, 0.25) is 0 Å². The van der Waals surface area contributed by atoms with E-state index in [1.165, 1.54) is 12.1 Å². The fourth-order valence-electron chi connectivity index (χ4n) is 1.66. The van der Waals surface area contributed by atoms with Crippen molar-refractivity contribution in [3.63, 3.8) is 0 Å². The van der Waals surface area contributed by atoms with Crippen molar-refractivity contribution >= 4 is 11.6 Å². The van der Waals surface area contributed by atoms with Gasteiger partial charge in [-0.05, 0) is 18.9 Å². The van der Waals surface area contributed by atoms with Crippen molar-refractivity contribution in [2.75, 3.05) is 6.54 Å². The topological polar surface area (TPSA) is 84.3 Å². The molecule has 0 radical (unpaired) electrons. The van der Waals surface area contributed by atoms with Crippen LogP contribution in [0.1, 0.15) is 32.3 Å².